The molecule has 6 heteroatoms. The van der Waals surface area contributed by atoms with Gasteiger partial charge in [-0.1, -0.05) is 47.5 Å². The summed E-state index contributed by atoms with van der Waals surface area (Å²) >= 11 is 11.9. The van der Waals surface area contributed by atoms with E-state index in [9.17, 15) is 4.79 Å². The first-order valence-electron chi connectivity index (χ1n) is 9.57. The van der Waals surface area contributed by atoms with Crippen LogP contribution in [0, 0.1) is 0 Å². The van der Waals surface area contributed by atoms with Crippen LogP contribution in [0.25, 0.3) is 0 Å². The first-order chi connectivity index (χ1) is 14.0. The van der Waals surface area contributed by atoms with Gasteiger partial charge in [0.25, 0.3) is 5.91 Å². The maximum absolute atomic E-state index is 12.7. The number of pyridine rings is 1. The standard InChI is InChI=1S/C23H21Cl2N3O/c24-19-4-1-3-16(13-19)14-26-20-8-6-18(7-9-20)23(11-2-12-23)28-22(29)17-5-10-21(25)27-15-17/h1,3-10,13,15,26H,2,11-12,14H2,(H,28,29). The molecule has 29 heavy (non-hydrogen) atoms. The Kier molecular flexibility index (Phi) is 5.74. The minimum Gasteiger partial charge on any atom is -0.381 e. The molecule has 0 aliphatic heterocycles. The van der Waals surface area contributed by atoms with Crippen molar-refractivity contribution in [2.45, 2.75) is 31.3 Å². The van der Waals surface area contributed by atoms with Crippen LogP contribution in [0.3, 0.4) is 0 Å². The molecule has 0 atom stereocenters. The van der Waals surface area contributed by atoms with Gasteiger partial charge in [-0.2, -0.15) is 0 Å². The van der Waals surface area contributed by atoms with Crippen LogP contribution in [0.4, 0.5) is 5.69 Å². The van der Waals surface area contributed by atoms with E-state index in [1.165, 1.54) is 6.20 Å². The SMILES string of the molecule is O=C(NC1(c2ccc(NCc3cccc(Cl)c3)cc2)CCC1)c1ccc(Cl)nc1. The molecule has 4 rings (SSSR count). The Labute approximate surface area is 180 Å². The Hall–Kier alpha value is -2.56. The maximum atomic E-state index is 12.7. The lowest BCUT2D eigenvalue weighted by atomic mass is 9.71. The molecule has 1 heterocycles. The first-order valence-corrected chi connectivity index (χ1v) is 10.3. The van der Waals surface area contributed by atoms with E-state index in [0.717, 1.165) is 41.1 Å². The fourth-order valence-electron chi connectivity index (χ4n) is 3.57. The van der Waals surface area contributed by atoms with E-state index >= 15 is 0 Å². The predicted octanol–water partition coefficient (Wildman–Crippen LogP) is 5.81. The summed E-state index contributed by atoms with van der Waals surface area (Å²) in [6.45, 7) is 0.700. The van der Waals surface area contributed by atoms with Crippen molar-refractivity contribution in [3.8, 4) is 0 Å². The highest BCUT2D eigenvalue weighted by Crippen LogP contribution is 2.41. The molecular formula is C23H21Cl2N3O. The van der Waals surface area contributed by atoms with Gasteiger partial charge in [0.05, 0.1) is 11.1 Å². The van der Waals surface area contributed by atoms with Crippen molar-refractivity contribution in [3.05, 3.63) is 93.7 Å². The van der Waals surface area contributed by atoms with Crippen LogP contribution in [0.5, 0.6) is 0 Å². The highest BCUT2D eigenvalue weighted by molar-refractivity contribution is 6.30. The number of hydrogen-bond acceptors (Lipinski definition) is 3. The van der Waals surface area contributed by atoms with Gasteiger partial charge in [-0.05, 0) is 66.8 Å². The molecular weight excluding hydrogens is 405 g/mol. The average molecular weight is 426 g/mol. The third kappa shape index (κ3) is 4.55. The third-order valence-corrected chi connectivity index (χ3v) is 5.83. The van der Waals surface area contributed by atoms with Gasteiger partial charge in [0.15, 0.2) is 0 Å². The van der Waals surface area contributed by atoms with Crippen LogP contribution in [-0.4, -0.2) is 10.9 Å². The zero-order valence-corrected chi connectivity index (χ0v) is 17.3. The topological polar surface area (TPSA) is 54.0 Å². The number of halogens is 2. The minimum atomic E-state index is -0.317. The lowest BCUT2D eigenvalue weighted by molar-refractivity contribution is 0.0823. The quantitative estimate of drug-likeness (QED) is 0.489. The number of carbonyl (C=O) groups excluding carboxylic acids is 1. The Morgan fingerprint density at radius 3 is 2.45 bits per heavy atom. The van der Waals surface area contributed by atoms with E-state index in [1.54, 1.807) is 12.1 Å². The molecule has 2 aromatic carbocycles. The molecule has 0 bridgehead atoms. The van der Waals surface area contributed by atoms with Gasteiger partial charge >= 0.3 is 0 Å². The second-order valence-corrected chi connectivity index (χ2v) is 8.14. The van der Waals surface area contributed by atoms with Crippen molar-refractivity contribution in [2.24, 2.45) is 0 Å². The fourth-order valence-corrected chi connectivity index (χ4v) is 3.90. The molecule has 1 fully saturated rings. The van der Waals surface area contributed by atoms with Crippen LogP contribution >= 0.6 is 23.2 Å². The summed E-state index contributed by atoms with van der Waals surface area (Å²) in [6, 6.07) is 19.4. The summed E-state index contributed by atoms with van der Waals surface area (Å²) in [6.07, 6.45) is 4.45. The number of amides is 1. The second kappa shape index (κ2) is 8.44. The molecule has 148 valence electrons. The van der Waals surface area contributed by atoms with Crippen LogP contribution in [0.1, 0.15) is 40.7 Å². The van der Waals surface area contributed by atoms with Gasteiger partial charge < -0.3 is 10.6 Å². The van der Waals surface area contributed by atoms with E-state index in [0.29, 0.717) is 17.3 Å². The Balaban J connectivity index is 1.43. The Bertz CT molecular complexity index is 999. The predicted molar refractivity (Wildman–Crippen MR) is 117 cm³/mol. The van der Waals surface area contributed by atoms with Gasteiger partial charge in [0.2, 0.25) is 0 Å². The normalized spacial score (nSPS) is 14.7. The van der Waals surface area contributed by atoms with Crippen molar-refractivity contribution in [2.75, 3.05) is 5.32 Å². The summed E-state index contributed by atoms with van der Waals surface area (Å²) in [7, 11) is 0. The maximum Gasteiger partial charge on any atom is 0.253 e. The van der Waals surface area contributed by atoms with Crippen molar-refractivity contribution in [1.82, 2.24) is 10.3 Å². The number of rotatable bonds is 6. The first kappa shape index (κ1) is 19.7. The number of hydrogen-bond donors (Lipinski definition) is 2. The molecule has 1 aliphatic rings. The molecule has 2 N–H and O–H groups in total. The van der Waals surface area contributed by atoms with Crippen molar-refractivity contribution in [3.63, 3.8) is 0 Å². The zero-order chi connectivity index (χ0) is 20.3. The highest BCUT2D eigenvalue weighted by Gasteiger charge is 2.40. The number of nitrogens with one attached hydrogen (secondary N) is 2. The molecule has 0 radical (unpaired) electrons. The summed E-state index contributed by atoms with van der Waals surface area (Å²) in [5.74, 6) is -0.128. The fraction of sp³-hybridized carbons (Fsp3) is 0.217. The molecule has 0 saturated heterocycles. The molecule has 1 aromatic heterocycles. The largest absolute Gasteiger partial charge is 0.381 e. The molecule has 0 spiro atoms. The van der Waals surface area contributed by atoms with Crippen LogP contribution in [-0.2, 0) is 12.1 Å². The molecule has 0 unspecified atom stereocenters. The number of anilines is 1. The molecule has 3 aromatic rings. The Morgan fingerprint density at radius 1 is 1.03 bits per heavy atom. The van der Waals surface area contributed by atoms with Gasteiger partial charge in [0.1, 0.15) is 5.15 Å². The van der Waals surface area contributed by atoms with E-state index in [1.807, 2.05) is 24.3 Å². The molecule has 1 aliphatic carbocycles. The number of aromatic nitrogens is 1. The second-order valence-electron chi connectivity index (χ2n) is 7.32. The number of benzene rings is 2. The van der Waals surface area contributed by atoms with E-state index < -0.39 is 0 Å². The van der Waals surface area contributed by atoms with Crippen molar-refractivity contribution >= 4 is 34.8 Å². The van der Waals surface area contributed by atoms with Crippen LogP contribution in [0.2, 0.25) is 10.2 Å². The van der Waals surface area contributed by atoms with E-state index in [2.05, 4.69) is 39.9 Å². The Morgan fingerprint density at radius 2 is 1.83 bits per heavy atom. The molecule has 1 saturated carbocycles. The highest BCUT2D eigenvalue weighted by atomic mass is 35.5. The average Bonchev–Trinajstić information content (AvgIpc) is 2.70. The minimum absolute atomic E-state index is 0.128. The van der Waals surface area contributed by atoms with Gasteiger partial charge in [-0.15, -0.1) is 0 Å². The zero-order valence-electron chi connectivity index (χ0n) is 15.8. The summed E-state index contributed by atoms with van der Waals surface area (Å²) in [5.41, 5.74) is 3.47. The molecule has 1 amide bonds. The van der Waals surface area contributed by atoms with Crippen LogP contribution in [0.15, 0.2) is 66.9 Å². The smallest absolute Gasteiger partial charge is 0.253 e. The third-order valence-electron chi connectivity index (χ3n) is 5.37. The lowest BCUT2D eigenvalue weighted by Crippen LogP contribution is -2.50. The van der Waals surface area contributed by atoms with Gasteiger partial charge in [0, 0.05) is 23.5 Å². The molecule has 4 nitrogen and oxygen atoms in total. The lowest BCUT2D eigenvalue weighted by Gasteiger charge is -2.43. The van der Waals surface area contributed by atoms with Crippen LogP contribution < -0.4 is 10.6 Å². The monoisotopic (exact) mass is 425 g/mol. The van der Waals surface area contributed by atoms with E-state index in [4.69, 9.17) is 23.2 Å². The van der Waals surface area contributed by atoms with E-state index in [-0.39, 0.29) is 11.4 Å². The number of carbonyl (C=O) groups is 1. The van der Waals surface area contributed by atoms with Crippen molar-refractivity contribution in [1.29, 1.82) is 0 Å². The number of nitrogens with zero attached hydrogens (tertiary/aromatic N) is 1. The van der Waals surface area contributed by atoms with Gasteiger partial charge in [-0.25, -0.2) is 4.98 Å². The summed E-state index contributed by atoms with van der Waals surface area (Å²) in [4.78, 5) is 16.7. The summed E-state index contributed by atoms with van der Waals surface area (Å²) < 4.78 is 0. The van der Waals surface area contributed by atoms with Crippen molar-refractivity contribution < 1.29 is 4.79 Å². The van der Waals surface area contributed by atoms with Gasteiger partial charge in [-0.3, -0.25) is 4.79 Å². The summed E-state index contributed by atoms with van der Waals surface area (Å²) in [5, 5.41) is 7.73.